The zero-order chi connectivity index (χ0) is 20.6. The highest BCUT2D eigenvalue weighted by atomic mass is 16.5. The van der Waals surface area contributed by atoms with E-state index in [4.69, 9.17) is 19.9 Å². The van der Waals surface area contributed by atoms with E-state index < -0.39 is 17.9 Å². The lowest BCUT2D eigenvalue weighted by molar-refractivity contribution is -0.162. The number of carbonyl (C=O) groups is 2. The predicted molar refractivity (Wildman–Crippen MR) is 106 cm³/mol. The summed E-state index contributed by atoms with van der Waals surface area (Å²) in [6.45, 7) is 1.08. The maximum atomic E-state index is 12.4. The van der Waals surface area contributed by atoms with Crippen LogP contribution in [0.1, 0.15) is 17.0 Å². The Kier molecular flexibility index (Phi) is 7.35. The Bertz CT molecular complexity index is 807. The van der Waals surface area contributed by atoms with Crippen molar-refractivity contribution in [3.8, 4) is 11.1 Å². The topological polar surface area (TPSA) is 108 Å². The van der Waals surface area contributed by atoms with Gasteiger partial charge in [0, 0.05) is 12.5 Å². The molecular formula is C22H25NO6. The lowest BCUT2D eigenvalue weighted by atomic mass is 9.98. The van der Waals surface area contributed by atoms with Gasteiger partial charge in [-0.3, -0.25) is 9.59 Å². The van der Waals surface area contributed by atoms with Crippen LogP contribution in [0.5, 0.6) is 0 Å². The molecule has 0 saturated carbocycles. The maximum Gasteiger partial charge on any atom is 0.322 e. The van der Waals surface area contributed by atoms with E-state index in [-0.39, 0.29) is 32.3 Å². The molecule has 0 radical (unpaired) electrons. The third-order valence-electron chi connectivity index (χ3n) is 4.86. The number of carbonyl (C=O) groups excluding carboxylic acids is 1. The zero-order valence-corrected chi connectivity index (χ0v) is 16.1. The number of ether oxygens (including phenoxy) is 3. The lowest BCUT2D eigenvalue weighted by Crippen LogP contribution is -2.31. The van der Waals surface area contributed by atoms with Crippen LogP contribution in [0.2, 0.25) is 0 Å². The van der Waals surface area contributed by atoms with Crippen molar-refractivity contribution in [1.82, 2.24) is 0 Å². The van der Waals surface area contributed by atoms with E-state index in [1.54, 1.807) is 0 Å². The highest BCUT2D eigenvalue weighted by molar-refractivity contribution is 5.94. The number of benzene rings is 2. The van der Waals surface area contributed by atoms with Crippen molar-refractivity contribution in [2.45, 2.75) is 5.92 Å². The van der Waals surface area contributed by atoms with E-state index in [0.717, 1.165) is 22.3 Å². The summed E-state index contributed by atoms with van der Waals surface area (Å²) < 4.78 is 15.8. The molecule has 0 heterocycles. The van der Waals surface area contributed by atoms with Gasteiger partial charge in [0.05, 0.1) is 26.4 Å². The third kappa shape index (κ3) is 5.00. The summed E-state index contributed by atoms with van der Waals surface area (Å²) >= 11 is 0. The number of fused-ring (bicyclic) bond motifs is 3. The van der Waals surface area contributed by atoms with E-state index in [1.165, 1.54) is 0 Å². The van der Waals surface area contributed by atoms with Crippen molar-refractivity contribution < 1.29 is 28.9 Å². The van der Waals surface area contributed by atoms with Crippen LogP contribution in [0, 0.1) is 5.92 Å². The molecule has 0 saturated heterocycles. The Morgan fingerprint density at radius 3 is 2.10 bits per heavy atom. The molecule has 2 aromatic rings. The average molecular weight is 399 g/mol. The number of hydrogen-bond donors (Lipinski definition) is 2. The third-order valence-corrected chi connectivity index (χ3v) is 4.86. The van der Waals surface area contributed by atoms with Gasteiger partial charge in [-0.15, -0.1) is 0 Å². The fraction of sp³-hybridized carbons (Fsp3) is 0.364. The molecule has 0 fully saturated rings. The van der Waals surface area contributed by atoms with E-state index in [9.17, 15) is 14.7 Å². The smallest absolute Gasteiger partial charge is 0.322 e. The van der Waals surface area contributed by atoms with Crippen LogP contribution < -0.4 is 5.73 Å². The predicted octanol–water partition coefficient (Wildman–Crippen LogP) is 2.03. The van der Waals surface area contributed by atoms with Crippen molar-refractivity contribution in [2.24, 2.45) is 11.7 Å². The minimum absolute atomic E-state index is 0.0796. The molecule has 3 rings (SSSR count). The number of nitrogens with two attached hydrogens (primary N) is 1. The molecule has 0 unspecified atom stereocenters. The first kappa shape index (κ1) is 21.0. The highest BCUT2D eigenvalue weighted by Crippen LogP contribution is 2.44. The fourth-order valence-corrected chi connectivity index (χ4v) is 3.45. The van der Waals surface area contributed by atoms with Gasteiger partial charge in [0.15, 0.2) is 5.92 Å². The van der Waals surface area contributed by atoms with E-state index >= 15 is 0 Å². The van der Waals surface area contributed by atoms with Crippen LogP contribution in [0.15, 0.2) is 48.5 Å². The maximum absolute atomic E-state index is 12.4. The summed E-state index contributed by atoms with van der Waals surface area (Å²) in [6, 6.07) is 15.9. The second-order valence-electron chi connectivity index (χ2n) is 6.72. The molecule has 1 aliphatic rings. The Hall–Kier alpha value is -2.74. The Labute approximate surface area is 169 Å². The summed E-state index contributed by atoms with van der Waals surface area (Å²) in [6.07, 6.45) is 0. The first-order valence-corrected chi connectivity index (χ1v) is 9.56. The van der Waals surface area contributed by atoms with Gasteiger partial charge >= 0.3 is 11.9 Å². The summed E-state index contributed by atoms with van der Waals surface area (Å²) in [5, 5.41) is 9.36. The number of carboxylic acids is 1. The van der Waals surface area contributed by atoms with Crippen molar-refractivity contribution in [3.63, 3.8) is 0 Å². The van der Waals surface area contributed by atoms with Crippen molar-refractivity contribution in [3.05, 3.63) is 59.7 Å². The quantitative estimate of drug-likeness (QED) is 0.338. The number of rotatable bonds is 11. The molecule has 29 heavy (non-hydrogen) atoms. The monoisotopic (exact) mass is 399 g/mol. The molecule has 0 aromatic heterocycles. The van der Waals surface area contributed by atoms with Gasteiger partial charge in [0.2, 0.25) is 0 Å². The van der Waals surface area contributed by atoms with Gasteiger partial charge in [-0.1, -0.05) is 48.5 Å². The molecule has 0 amide bonds. The first-order valence-electron chi connectivity index (χ1n) is 9.56. The summed E-state index contributed by atoms with van der Waals surface area (Å²) in [7, 11) is 0. The number of aliphatic carboxylic acids is 1. The van der Waals surface area contributed by atoms with Gasteiger partial charge in [-0.2, -0.15) is 0 Å². The number of hydrogen-bond acceptors (Lipinski definition) is 6. The highest BCUT2D eigenvalue weighted by Gasteiger charge is 2.32. The van der Waals surface area contributed by atoms with Crippen LogP contribution in [0.25, 0.3) is 11.1 Å². The molecule has 1 aliphatic carbocycles. The Balaban J connectivity index is 1.59. The second-order valence-corrected chi connectivity index (χ2v) is 6.72. The second kappa shape index (κ2) is 10.2. The molecular weight excluding hydrogens is 374 g/mol. The first-order chi connectivity index (χ1) is 14.1. The van der Waals surface area contributed by atoms with Crippen LogP contribution in [-0.4, -0.2) is 56.6 Å². The summed E-state index contributed by atoms with van der Waals surface area (Å²) in [4.78, 5) is 23.9. The van der Waals surface area contributed by atoms with Crippen LogP contribution >= 0.6 is 0 Å². The summed E-state index contributed by atoms with van der Waals surface area (Å²) in [5.74, 6) is -3.57. The molecule has 0 bridgehead atoms. The molecule has 2 aromatic carbocycles. The normalized spacial score (nSPS) is 13.6. The lowest BCUT2D eigenvalue weighted by Gasteiger charge is -2.17. The SMILES string of the molecule is NCCOCCOC[C@@H](C(=O)O)C(=O)OCC1c2ccccc2-c2ccccc21. The van der Waals surface area contributed by atoms with Crippen molar-refractivity contribution in [1.29, 1.82) is 0 Å². The minimum Gasteiger partial charge on any atom is -0.481 e. The van der Waals surface area contributed by atoms with E-state index in [2.05, 4.69) is 0 Å². The Morgan fingerprint density at radius 1 is 0.931 bits per heavy atom. The molecule has 7 nitrogen and oxygen atoms in total. The van der Waals surface area contributed by atoms with E-state index in [1.807, 2.05) is 48.5 Å². The Morgan fingerprint density at radius 2 is 1.52 bits per heavy atom. The average Bonchev–Trinajstić information content (AvgIpc) is 3.05. The molecule has 0 aliphatic heterocycles. The molecule has 0 spiro atoms. The molecule has 7 heteroatoms. The van der Waals surface area contributed by atoms with Gasteiger partial charge in [-0.25, -0.2) is 0 Å². The van der Waals surface area contributed by atoms with Gasteiger partial charge < -0.3 is 25.1 Å². The van der Waals surface area contributed by atoms with Gasteiger partial charge in [0.25, 0.3) is 0 Å². The van der Waals surface area contributed by atoms with E-state index in [0.29, 0.717) is 13.2 Å². The largest absolute Gasteiger partial charge is 0.481 e. The molecule has 154 valence electrons. The van der Waals surface area contributed by atoms with Crippen molar-refractivity contribution in [2.75, 3.05) is 39.6 Å². The van der Waals surface area contributed by atoms with Crippen LogP contribution in [0.4, 0.5) is 0 Å². The standard InChI is InChI=1S/C22H25NO6/c23-9-10-27-11-12-28-13-20(21(24)25)22(26)29-14-19-17-7-3-1-5-15(17)16-6-2-4-8-18(16)19/h1-8,19-20H,9-14,23H2,(H,24,25)/t20-/m0/s1. The molecule has 1 atom stereocenters. The van der Waals surface area contributed by atoms with Gasteiger partial charge in [0.1, 0.15) is 6.61 Å². The fourth-order valence-electron chi connectivity index (χ4n) is 3.45. The van der Waals surface area contributed by atoms with Gasteiger partial charge in [-0.05, 0) is 22.3 Å². The number of carboxylic acid groups (broad SMARTS) is 1. The minimum atomic E-state index is -1.38. The summed E-state index contributed by atoms with van der Waals surface area (Å²) in [5.41, 5.74) is 9.67. The van der Waals surface area contributed by atoms with Crippen molar-refractivity contribution >= 4 is 11.9 Å². The zero-order valence-electron chi connectivity index (χ0n) is 16.1. The van der Waals surface area contributed by atoms with Crippen LogP contribution in [0.3, 0.4) is 0 Å². The van der Waals surface area contributed by atoms with Crippen LogP contribution in [-0.2, 0) is 23.8 Å². The number of esters is 1. The molecule has 3 N–H and O–H groups in total.